The molecular weight excluding hydrogens is 442 g/mol. The van der Waals surface area contributed by atoms with Crippen LogP contribution in [0.3, 0.4) is 0 Å². The van der Waals surface area contributed by atoms with Gasteiger partial charge in [-0.25, -0.2) is 4.98 Å². The average Bonchev–Trinajstić information content (AvgIpc) is 2.83. The second-order valence-corrected chi connectivity index (χ2v) is 8.34. The fourth-order valence-corrected chi connectivity index (χ4v) is 4.33. The Morgan fingerprint density at radius 1 is 1.15 bits per heavy atom. The van der Waals surface area contributed by atoms with Gasteiger partial charge < -0.3 is 19.5 Å². The van der Waals surface area contributed by atoms with Crippen molar-refractivity contribution < 1.29 is 19.0 Å². The zero-order valence-corrected chi connectivity index (χ0v) is 20.1. The van der Waals surface area contributed by atoms with E-state index >= 15 is 0 Å². The summed E-state index contributed by atoms with van der Waals surface area (Å²) in [5.41, 5.74) is 1.31. The number of aromatic nitrogens is 2. The minimum Gasteiger partial charge on any atom is -0.497 e. The van der Waals surface area contributed by atoms with Crippen molar-refractivity contribution >= 4 is 28.6 Å². The standard InChI is InChI=1S/C24H29N3O5S/c1-16(19-14-17(31-3)10-11-21(19)32-4)25-22(28)15-33-24-26-20-9-6-5-8-18(20)23(29)27(24)12-7-13-30-2/h5-6,8-11,14,16H,7,12-13,15H2,1-4H3,(H,25,28). The van der Waals surface area contributed by atoms with Gasteiger partial charge in [0, 0.05) is 25.8 Å². The minimum absolute atomic E-state index is 0.117. The molecule has 1 unspecified atom stereocenters. The first-order chi connectivity index (χ1) is 16.0. The largest absolute Gasteiger partial charge is 0.497 e. The highest BCUT2D eigenvalue weighted by Crippen LogP contribution is 2.29. The molecule has 1 amide bonds. The second kappa shape index (κ2) is 11.7. The Kier molecular flexibility index (Phi) is 8.73. The lowest BCUT2D eigenvalue weighted by atomic mass is 10.1. The normalized spacial score (nSPS) is 11.9. The summed E-state index contributed by atoms with van der Waals surface area (Å²) < 4.78 is 17.5. The van der Waals surface area contributed by atoms with E-state index in [1.165, 1.54) is 11.8 Å². The van der Waals surface area contributed by atoms with E-state index in [2.05, 4.69) is 10.3 Å². The van der Waals surface area contributed by atoms with Gasteiger partial charge in [0.05, 0.1) is 36.9 Å². The van der Waals surface area contributed by atoms with Gasteiger partial charge in [0.15, 0.2) is 5.16 Å². The molecule has 176 valence electrons. The maximum Gasteiger partial charge on any atom is 0.262 e. The van der Waals surface area contributed by atoms with Gasteiger partial charge in [0.2, 0.25) is 5.91 Å². The number of amides is 1. The predicted octanol–water partition coefficient (Wildman–Crippen LogP) is 3.42. The van der Waals surface area contributed by atoms with E-state index in [9.17, 15) is 9.59 Å². The Bertz CT molecular complexity index is 1160. The lowest BCUT2D eigenvalue weighted by molar-refractivity contribution is -0.119. The van der Waals surface area contributed by atoms with Crippen molar-refractivity contribution in [2.45, 2.75) is 31.1 Å². The molecular formula is C24H29N3O5S. The highest BCUT2D eigenvalue weighted by molar-refractivity contribution is 7.99. The Hall–Kier alpha value is -3.04. The zero-order valence-electron chi connectivity index (χ0n) is 19.3. The maximum atomic E-state index is 13.0. The third kappa shape index (κ3) is 6.06. The molecule has 9 heteroatoms. The van der Waals surface area contributed by atoms with Crippen LogP contribution in [0.4, 0.5) is 0 Å². The third-order valence-electron chi connectivity index (χ3n) is 5.17. The molecule has 8 nitrogen and oxygen atoms in total. The molecule has 0 aliphatic rings. The van der Waals surface area contributed by atoms with Crippen LogP contribution >= 0.6 is 11.8 Å². The van der Waals surface area contributed by atoms with Crippen LogP contribution in [-0.2, 0) is 16.1 Å². The average molecular weight is 472 g/mol. The van der Waals surface area contributed by atoms with Gasteiger partial charge in [-0.15, -0.1) is 0 Å². The number of nitrogens with one attached hydrogen (secondary N) is 1. The smallest absolute Gasteiger partial charge is 0.262 e. The number of thioether (sulfide) groups is 1. The quantitative estimate of drug-likeness (QED) is 0.260. The number of carbonyl (C=O) groups is 1. The summed E-state index contributed by atoms with van der Waals surface area (Å²) in [4.78, 5) is 30.4. The van der Waals surface area contributed by atoms with Crippen LogP contribution in [0.1, 0.15) is 24.9 Å². The summed E-state index contributed by atoms with van der Waals surface area (Å²) >= 11 is 1.24. The van der Waals surface area contributed by atoms with Gasteiger partial charge in [-0.2, -0.15) is 0 Å². The number of carbonyl (C=O) groups excluding carboxylic acids is 1. The van der Waals surface area contributed by atoms with Crippen LogP contribution in [-0.4, -0.2) is 49.1 Å². The second-order valence-electron chi connectivity index (χ2n) is 7.40. The fraction of sp³-hybridized carbons (Fsp3) is 0.375. The van der Waals surface area contributed by atoms with Gasteiger partial charge >= 0.3 is 0 Å². The van der Waals surface area contributed by atoms with Crippen molar-refractivity contribution in [1.82, 2.24) is 14.9 Å². The van der Waals surface area contributed by atoms with Crippen molar-refractivity contribution in [3.63, 3.8) is 0 Å². The summed E-state index contributed by atoms with van der Waals surface area (Å²) in [5, 5.41) is 4.05. The molecule has 0 aliphatic carbocycles. The number of para-hydroxylation sites is 1. The van der Waals surface area contributed by atoms with Crippen molar-refractivity contribution in [2.24, 2.45) is 0 Å². The number of methoxy groups -OCH3 is 3. The van der Waals surface area contributed by atoms with Crippen molar-refractivity contribution in [3.8, 4) is 11.5 Å². The van der Waals surface area contributed by atoms with E-state index in [1.807, 2.05) is 31.2 Å². The number of nitrogens with zero attached hydrogens (tertiary/aromatic N) is 2. The Morgan fingerprint density at radius 3 is 2.67 bits per heavy atom. The summed E-state index contributed by atoms with van der Waals surface area (Å²) in [6, 6.07) is 12.4. The Labute approximate surface area is 197 Å². The molecule has 0 spiro atoms. The molecule has 1 aromatic heterocycles. The third-order valence-corrected chi connectivity index (χ3v) is 6.15. The molecule has 33 heavy (non-hydrogen) atoms. The molecule has 0 saturated carbocycles. The van der Waals surface area contributed by atoms with E-state index < -0.39 is 0 Å². The molecule has 1 N–H and O–H groups in total. The monoisotopic (exact) mass is 471 g/mol. The topological polar surface area (TPSA) is 91.7 Å². The minimum atomic E-state index is -0.295. The van der Waals surface area contributed by atoms with Gasteiger partial charge in [0.25, 0.3) is 5.56 Å². The molecule has 0 aliphatic heterocycles. The lowest BCUT2D eigenvalue weighted by Crippen LogP contribution is -2.29. The first-order valence-electron chi connectivity index (χ1n) is 10.6. The number of fused-ring (bicyclic) bond motifs is 1. The predicted molar refractivity (Wildman–Crippen MR) is 129 cm³/mol. The molecule has 1 heterocycles. The molecule has 0 bridgehead atoms. The molecule has 2 aromatic carbocycles. The Balaban J connectivity index is 1.76. The van der Waals surface area contributed by atoms with Gasteiger partial charge in [-0.1, -0.05) is 23.9 Å². The molecule has 0 fully saturated rings. The summed E-state index contributed by atoms with van der Waals surface area (Å²) in [6.07, 6.45) is 0.669. The van der Waals surface area contributed by atoms with Crippen molar-refractivity contribution in [1.29, 1.82) is 0 Å². The molecule has 0 radical (unpaired) electrons. The zero-order chi connectivity index (χ0) is 23.8. The highest BCUT2D eigenvalue weighted by Gasteiger charge is 2.17. The first kappa shape index (κ1) is 24.6. The number of benzene rings is 2. The van der Waals surface area contributed by atoms with Gasteiger partial charge in [-0.05, 0) is 43.7 Å². The van der Waals surface area contributed by atoms with Crippen LogP contribution < -0.4 is 20.3 Å². The lowest BCUT2D eigenvalue weighted by Gasteiger charge is -2.18. The number of hydrogen-bond acceptors (Lipinski definition) is 7. The molecule has 3 rings (SSSR count). The number of hydrogen-bond donors (Lipinski definition) is 1. The van der Waals surface area contributed by atoms with E-state index in [0.717, 1.165) is 5.56 Å². The van der Waals surface area contributed by atoms with Crippen LogP contribution in [0.5, 0.6) is 11.5 Å². The molecule has 0 saturated heterocycles. The van der Waals surface area contributed by atoms with Gasteiger partial charge in [0.1, 0.15) is 11.5 Å². The summed E-state index contributed by atoms with van der Waals surface area (Å²) in [7, 11) is 4.80. The first-order valence-corrected chi connectivity index (χ1v) is 11.6. The fourth-order valence-electron chi connectivity index (χ4n) is 3.49. The van der Waals surface area contributed by atoms with Crippen molar-refractivity contribution in [3.05, 3.63) is 58.4 Å². The maximum absolute atomic E-state index is 13.0. The number of ether oxygens (including phenoxy) is 3. The number of rotatable bonds is 11. The summed E-state index contributed by atoms with van der Waals surface area (Å²) in [6.45, 7) is 2.88. The van der Waals surface area contributed by atoms with Crippen LogP contribution in [0, 0.1) is 0 Å². The summed E-state index contributed by atoms with van der Waals surface area (Å²) in [5.74, 6) is 1.29. The van der Waals surface area contributed by atoms with E-state index in [0.29, 0.717) is 47.1 Å². The van der Waals surface area contributed by atoms with Gasteiger partial charge in [-0.3, -0.25) is 14.2 Å². The van der Waals surface area contributed by atoms with E-state index in [-0.39, 0.29) is 23.3 Å². The van der Waals surface area contributed by atoms with Crippen LogP contribution in [0.15, 0.2) is 52.4 Å². The molecule has 1 atom stereocenters. The van der Waals surface area contributed by atoms with E-state index in [4.69, 9.17) is 14.2 Å². The van der Waals surface area contributed by atoms with E-state index in [1.54, 1.807) is 44.1 Å². The molecule has 3 aromatic rings. The van der Waals surface area contributed by atoms with Crippen LogP contribution in [0.25, 0.3) is 10.9 Å². The highest BCUT2D eigenvalue weighted by atomic mass is 32.2. The van der Waals surface area contributed by atoms with Crippen molar-refractivity contribution in [2.75, 3.05) is 33.7 Å². The SMILES string of the molecule is COCCCn1c(SCC(=O)NC(C)c2cc(OC)ccc2OC)nc2ccccc2c1=O. The van der Waals surface area contributed by atoms with Crippen LogP contribution in [0.2, 0.25) is 0 Å². The Morgan fingerprint density at radius 2 is 1.94 bits per heavy atom.